The first-order valence-corrected chi connectivity index (χ1v) is 12.9. The highest BCUT2D eigenvalue weighted by molar-refractivity contribution is 7.86. The van der Waals surface area contributed by atoms with Crippen LogP contribution in [0.2, 0.25) is 0 Å². The number of carbonyl (C=O) groups is 3. The summed E-state index contributed by atoms with van der Waals surface area (Å²) >= 11 is 0. The Hall–Kier alpha value is -3.64. The fraction of sp³-hybridized carbons (Fsp3) is 0.375. The number of nitrogens with zero attached hydrogens (tertiary/aromatic N) is 1. The molecule has 190 valence electrons. The summed E-state index contributed by atoms with van der Waals surface area (Å²) in [6, 6.07) is 8.93. The quantitative estimate of drug-likeness (QED) is 0.429. The highest BCUT2D eigenvalue weighted by Crippen LogP contribution is 2.45. The molecule has 2 aromatic rings. The van der Waals surface area contributed by atoms with Crippen molar-refractivity contribution in [2.45, 2.75) is 43.2 Å². The minimum atomic E-state index is -3.91. The number of carbonyl (C=O) groups excluding carboxylic acids is 3. The number of piperidine rings is 1. The standard InChI is InChI=1S/C24H25N3O8S/c1-14-2-4-16(5-3-14)36(31,32)35-15-10-11-27(12-15)19-8-6-17(21-22(19)34-13-33-21)23(29)25-18-7-9-20(28)26-24(18)30/h2-6,8,15,18H,7,9-13H2,1H3,(H,25,29)(H,26,28,30). The Balaban J connectivity index is 1.29. The van der Waals surface area contributed by atoms with Gasteiger partial charge in [0.25, 0.3) is 16.0 Å². The number of hydrogen-bond donors (Lipinski definition) is 2. The molecule has 0 radical (unpaired) electrons. The topological polar surface area (TPSA) is 140 Å². The maximum atomic E-state index is 12.9. The Kier molecular flexibility index (Phi) is 6.31. The lowest BCUT2D eigenvalue weighted by molar-refractivity contribution is -0.134. The van der Waals surface area contributed by atoms with E-state index < -0.39 is 34.1 Å². The van der Waals surface area contributed by atoms with Crippen molar-refractivity contribution in [1.29, 1.82) is 0 Å². The minimum absolute atomic E-state index is 0.0827. The highest BCUT2D eigenvalue weighted by atomic mass is 32.2. The number of fused-ring (bicyclic) bond motifs is 1. The highest BCUT2D eigenvalue weighted by Gasteiger charge is 2.35. The molecule has 2 saturated heterocycles. The van der Waals surface area contributed by atoms with Crippen molar-refractivity contribution in [2.75, 3.05) is 24.8 Å². The SMILES string of the molecule is Cc1ccc(S(=O)(=O)OC2CCN(c3ccc(C(=O)NC4CCC(=O)NC4=O)c4c3OCO4)C2)cc1. The van der Waals surface area contributed by atoms with Crippen LogP contribution in [0.4, 0.5) is 5.69 Å². The van der Waals surface area contributed by atoms with E-state index in [9.17, 15) is 22.8 Å². The maximum Gasteiger partial charge on any atom is 0.297 e. The van der Waals surface area contributed by atoms with Gasteiger partial charge >= 0.3 is 0 Å². The molecule has 0 aromatic heterocycles. The lowest BCUT2D eigenvalue weighted by Gasteiger charge is -2.23. The van der Waals surface area contributed by atoms with Crippen molar-refractivity contribution in [3.05, 3.63) is 47.5 Å². The maximum absolute atomic E-state index is 12.9. The summed E-state index contributed by atoms with van der Waals surface area (Å²) in [6.07, 6.45) is 0.294. The van der Waals surface area contributed by atoms with E-state index in [0.717, 1.165) is 5.56 Å². The van der Waals surface area contributed by atoms with Crippen LogP contribution < -0.4 is 25.0 Å². The van der Waals surface area contributed by atoms with Crippen molar-refractivity contribution < 1.29 is 36.5 Å². The molecule has 0 bridgehead atoms. The van der Waals surface area contributed by atoms with Crippen molar-refractivity contribution >= 4 is 33.5 Å². The molecule has 2 fully saturated rings. The number of aryl methyl sites for hydroxylation is 1. The molecule has 3 aliphatic rings. The van der Waals surface area contributed by atoms with E-state index in [-0.39, 0.29) is 41.8 Å². The monoisotopic (exact) mass is 515 g/mol. The van der Waals surface area contributed by atoms with E-state index in [0.29, 0.717) is 30.9 Å². The molecule has 12 heteroatoms. The molecule has 2 unspecified atom stereocenters. The third kappa shape index (κ3) is 4.73. The Bertz CT molecular complexity index is 1330. The fourth-order valence-electron chi connectivity index (χ4n) is 4.44. The molecule has 36 heavy (non-hydrogen) atoms. The van der Waals surface area contributed by atoms with Crippen molar-refractivity contribution in [2.24, 2.45) is 0 Å². The predicted octanol–water partition coefficient (Wildman–Crippen LogP) is 1.24. The average molecular weight is 516 g/mol. The first kappa shape index (κ1) is 24.1. The molecule has 2 atom stereocenters. The molecule has 11 nitrogen and oxygen atoms in total. The second kappa shape index (κ2) is 9.43. The van der Waals surface area contributed by atoms with E-state index in [1.165, 1.54) is 12.1 Å². The van der Waals surface area contributed by atoms with Gasteiger partial charge < -0.3 is 19.7 Å². The summed E-state index contributed by atoms with van der Waals surface area (Å²) in [4.78, 5) is 38.3. The van der Waals surface area contributed by atoms with Crippen molar-refractivity contribution in [3.63, 3.8) is 0 Å². The van der Waals surface area contributed by atoms with Crippen LogP contribution in [0.5, 0.6) is 11.5 Å². The molecule has 3 heterocycles. The molecule has 3 amide bonds. The van der Waals surface area contributed by atoms with E-state index >= 15 is 0 Å². The molecular weight excluding hydrogens is 490 g/mol. The first-order valence-electron chi connectivity index (χ1n) is 11.5. The zero-order chi connectivity index (χ0) is 25.4. The van der Waals surface area contributed by atoms with Gasteiger partial charge in [0, 0.05) is 19.5 Å². The summed E-state index contributed by atoms with van der Waals surface area (Å²) in [6.45, 7) is 2.62. The van der Waals surface area contributed by atoms with E-state index in [1.54, 1.807) is 24.3 Å². The van der Waals surface area contributed by atoms with E-state index in [4.69, 9.17) is 13.7 Å². The van der Waals surface area contributed by atoms with Gasteiger partial charge in [-0.15, -0.1) is 0 Å². The predicted molar refractivity (Wildman–Crippen MR) is 126 cm³/mol. The van der Waals surface area contributed by atoms with Crippen LogP contribution in [0.25, 0.3) is 0 Å². The molecule has 3 aliphatic heterocycles. The van der Waals surface area contributed by atoms with E-state index in [2.05, 4.69) is 10.6 Å². The lowest BCUT2D eigenvalue weighted by Crippen LogP contribution is -2.52. The van der Waals surface area contributed by atoms with Gasteiger partial charge in [0.1, 0.15) is 6.04 Å². The Morgan fingerprint density at radius 3 is 2.58 bits per heavy atom. The van der Waals surface area contributed by atoms with Gasteiger partial charge in [0.05, 0.1) is 22.3 Å². The molecule has 2 N–H and O–H groups in total. The Morgan fingerprint density at radius 1 is 1.08 bits per heavy atom. The zero-order valence-corrected chi connectivity index (χ0v) is 20.3. The summed E-state index contributed by atoms with van der Waals surface area (Å²) in [5.41, 5.74) is 1.80. The van der Waals surface area contributed by atoms with Gasteiger partial charge in [-0.2, -0.15) is 8.42 Å². The Morgan fingerprint density at radius 2 is 1.83 bits per heavy atom. The largest absolute Gasteiger partial charge is 0.453 e. The number of anilines is 1. The summed E-state index contributed by atoms with van der Waals surface area (Å²) < 4.78 is 42.1. The summed E-state index contributed by atoms with van der Waals surface area (Å²) in [5.74, 6) is -0.827. The van der Waals surface area contributed by atoms with Crippen LogP contribution in [0.1, 0.15) is 35.2 Å². The minimum Gasteiger partial charge on any atom is -0.453 e. The number of amides is 3. The molecule has 2 aromatic carbocycles. The summed E-state index contributed by atoms with van der Waals surface area (Å²) in [7, 11) is -3.91. The molecular formula is C24H25N3O8S. The van der Waals surface area contributed by atoms with Gasteiger partial charge in [0.15, 0.2) is 11.5 Å². The van der Waals surface area contributed by atoms with Crippen molar-refractivity contribution in [3.8, 4) is 11.5 Å². The number of hydrogen-bond acceptors (Lipinski definition) is 9. The van der Waals surface area contributed by atoms with Crippen LogP contribution in [-0.2, 0) is 23.9 Å². The van der Waals surface area contributed by atoms with Crippen LogP contribution in [0.3, 0.4) is 0 Å². The normalized spacial score (nSPS) is 21.4. The fourth-order valence-corrected chi connectivity index (χ4v) is 5.54. The molecule has 5 rings (SSSR count). The number of benzene rings is 2. The second-order valence-electron chi connectivity index (χ2n) is 8.89. The second-order valence-corrected chi connectivity index (χ2v) is 10.5. The number of ether oxygens (including phenoxy) is 2. The third-order valence-electron chi connectivity index (χ3n) is 6.35. The van der Waals surface area contributed by atoms with E-state index in [1.807, 2.05) is 11.8 Å². The van der Waals surface area contributed by atoms with Crippen molar-refractivity contribution in [1.82, 2.24) is 10.6 Å². The van der Waals surface area contributed by atoms with Gasteiger partial charge in [-0.25, -0.2) is 0 Å². The lowest BCUT2D eigenvalue weighted by atomic mass is 10.0. The summed E-state index contributed by atoms with van der Waals surface area (Å²) in [5, 5.41) is 4.84. The van der Waals surface area contributed by atoms with Gasteiger partial charge in [-0.1, -0.05) is 17.7 Å². The molecule has 0 saturated carbocycles. The molecule has 0 spiro atoms. The van der Waals surface area contributed by atoms with Crippen LogP contribution in [0.15, 0.2) is 41.3 Å². The average Bonchev–Trinajstić information content (AvgIpc) is 3.50. The van der Waals surface area contributed by atoms with Crippen LogP contribution >= 0.6 is 0 Å². The first-order chi connectivity index (χ1) is 17.2. The molecule has 0 aliphatic carbocycles. The number of imide groups is 1. The number of nitrogens with one attached hydrogen (secondary N) is 2. The van der Waals surface area contributed by atoms with Gasteiger partial charge in [-0.05, 0) is 44.0 Å². The Labute approximate surface area is 207 Å². The van der Waals surface area contributed by atoms with Gasteiger partial charge in [-0.3, -0.25) is 23.9 Å². The zero-order valence-electron chi connectivity index (χ0n) is 19.5. The smallest absolute Gasteiger partial charge is 0.297 e. The van der Waals surface area contributed by atoms with Crippen LogP contribution in [0, 0.1) is 6.92 Å². The van der Waals surface area contributed by atoms with Crippen LogP contribution in [-0.4, -0.2) is 58.2 Å². The third-order valence-corrected chi connectivity index (χ3v) is 7.72. The van der Waals surface area contributed by atoms with Gasteiger partial charge in [0.2, 0.25) is 18.6 Å². The number of rotatable bonds is 6.